The van der Waals surface area contributed by atoms with Gasteiger partial charge >= 0.3 is 0 Å². The second-order valence-corrected chi connectivity index (χ2v) is 9.22. The minimum absolute atomic E-state index is 0.0605. The molecule has 1 aliphatic heterocycles. The van der Waals surface area contributed by atoms with Gasteiger partial charge in [0, 0.05) is 28.3 Å². The summed E-state index contributed by atoms with van der Waals surface area (Å²) in [5.41, 5.74) is 3.45. The van der Waals surface area contributed by atoms with E-state index in [4.69, 9.17) is 16.3 Å². The molecule has 4 nitrogen and oxygen atoms in total. The number of aryl methyl sites for hydroxylation is 1. The van der Waals surface area contributed by atoms with Crippen LogP contribution >= 0.6 is 11.6 Å². The molecule has 32 heavy (non-hydrogen) atoms. The second kappa shape index (κ2) is 8.36. The number of aliphatic hydroxyl groups is 1. The fourth-order valence-corrected chi connectivity index (χ4v) is 5.03. The smallest absolute Gasteiger partial charge is 0.257 e. The SMILES string of the molecule is Cc1ccc(CN2C(=O)c3ccccc3C2(OC2CCC(O)C2)c2ccc(Cl)cc2)cc1. The second-order valence-electron chi connectivity index (χ2n) is 8.78. The van der Waals surface area contributed by atoms with Crippen LogP contribution in [0.3, 0.4) is 0 Å². The zero-order valence-corrected chi connectivity index (χ0v) is 18.8. The first-order valence-corrected chi connectivity index (χ1v) is 11.4. The van der Waals surface area contributed by atoms with Crippen molar-refractivity contribution in [3.8, 4) is 0 Å². The van der Waals surface area contributed by atoms with Crippen LogP contribution < -0.4 is 0 Å². The molecule has 1 saturated carbocycles. The lowest BCUT2D eigenvalue weighted by atomic mass is 9.92. The van der Waals surface area contributed by atoms with Crippen molar-refractivity contribution in [1.82, 2.24) is 4.90 Å². The number of rotatable bonds is 5. The molecule has 0 aromatic heterocycles. The number of ether oxygens (including phenoxy) is 1. The molecule has 3 unspecified atom stereocenters. The maximum Gasteiger partial charge on any atom is 0.257 e. The van der Waals surface area contributed by atoms with Gasteiger partial charge < -0.3 is 9.84 Å². The van der Waals surface area contributed by atoms with Crippen LogP contribution in [0.5, 0.6) is 0 Å². The van der Waals surface area contributed by atoms with Crippen LogP contribution in [0, 0.1) is 6.92 Å². The number of carbonyl (C=O) groups is 1. The lowest BCUT2D eigenvalue weighted by Gasteiger charge is -2.41. The molecule has 1 N–H and O–H groups in total. The Labute approximate surface area is 193 Å². The summed E-state index contributed by atoms with van der Waals surface area (Å²) in [6, 6.07) is 23.4. The van der Waals surface area contributed by atoms with E-state index >= 15 is 0 Å². The van der Waals surface area contributed by atoms with E-state index < -0.39 is 5.72 Å². The summed E-state index contributed by atoms with van der Waals surface area (Å²) in [4.78, 5) is 15.6. The highest BCUT2D eigenvalue weighted by Gasteiger charge is 2.53. The van der Waals surface area contributed by atoms with E-state index in [1.807, 2.05) is 60.4 Å². The van der Waals surface area contributed by atoms with E-state index in [0.29, 0.717) is 30.0 Å². The number of halogens is 1. The molecule has 0 bridgehead atoms. The number of nitrogens with zero attached hydrogens (tertiary/aromatic N) is 1. The highest BCUT2D eigenvalue weighted by atomic mass is 35.5. The highest BCUT2D eigenvalue weighted by molar-refractivity contribution is 6.30. The van der Waals surface area contributed by atoms with Gasteiger partial charge in [0.2, 0.25) is 0 Å². The van der Waals surface area contributed by atoms with Crippen molar-refractivity contribution in [2.45, 2.75) is 50.7 Å². The zero-order valence-electron chi connectivity index (χ0n) is 18.0. The van der Waals surface area contributed by atoms with Crippen LogP contribution in [0.15, 0.2) is 72.8 Å². The summed E-state index contributed by atoms with van der Waals surface area (Å²) in [5, 5.41) is 10.8. The molecule has 0 spiro atoms. The van der Waals surface area contributed by atoms with E-state index in [-0.39, 0.29) is 18.1 Å². The molecule has 1 heterocycles. The van der Waals surface area contributed by atoms with Crippen molar-refractivity contribution >= 4 is 17.5 Å². The Morgan fingerprint density at radius 3 is 2.44 bits per heavy atom. The summed E-state index contributed by atoms with van der Waals surface area (Å²) < 4.78 is 6.86. The summed E-state index contributed by atoms with van der Waals surface area (Å²) in [6.45, 7) is 2.46. The average Bonchev–Trinajstić information content (AvgIpc) is 3.31. The quantitative estimate of drug-likeness (QED) is 0.567. The van der Waals surface area contributed by atoms with Crippen LogP contribution in [0.2, 0.25) is 5.02 Å². The minimum Gasteiger partial charge on any atom is -0.393 e. The van der Waals surface area contributed by atoms with Gasteiger partial charge in [-0.3, -0.25) is 9.69 Å². The molecule has 0 saturated heterocycles. The summed E-state index contributed by atoms with van der Waals surface area (Å²) in [6.07, 6.45) is 1.49. The Morgan fingerprint density at radius 1 is 1.03 bits per heavy atom. The van der Waals surface area contributed by atoms with Crippen molar-refractivity contribution in [1.29, 1.82) is 0 Å². The first-order chi connectivity index (χ1) is 15.5. The average molecular weight is 448 g/mol. The monoisotopic (exact) mass is 447 g/mol. The minimum atomic E-state index is -1.09. The molecule has 1 aliphatic carbocycles. The van der Waals surface area contributed by atoms with E-state index in [0.717, 1.165) is 23.1 Å². The third-order valence-corrected chi connectivity index (χ3v) is 6.79. The number of amides is 1. The largest absolute Gasteiger partial charge is 0.393 e. The summed E-state index contributed by atoms with van der Waals surface area (Å²) in [7, 11) is 0. The van der Waals surface area contributed by atoms with Crippen molar-refractivity contribution < 1.29 is 14.6 Å². The van der Waals surface area contributed by atoms with Gasteiger partial charge in [-0.2, -0.15) is 0 Å². The van der Waals surface area contributed by atoms with Crippen LogP contribution in [0.4, 0.5) is 0 Å². The first-order valence-electron chi connectivity index (χ1n) is 11.1. The molecular formula is C27H26ClNO3. The molecule has 3 aromatic rings. The van der Waals surface area contributed by atoms with Gasteiger partial charge in [0.1, 0.15) is 0 Å². The molecule has 5 rings (SSSR count). The van der Waals surface area contributed by atoms with Crippen LogP contribution in [-0.4, -0.2) is 28.1 Å². The predicted octanol–water partition coefficient (Wildman–Crippen LogP) is 5.44. The van der Waals surface area contributed by atoms with Gasteiger partial charge in [0.25, 0.3) is 5.91 Å². The van der Waals surface area contributed by atoms with Crippen LogP contribution in [0.25, 0.3) is 0 Å². The Kier molecular flexibility index (Phi) is 5.54. The molecule has 3 aromatic carbocycles. The third-order valence-electron chi connectivity index (χ3n) is 6.54. The molecule has 2 aliphatic rings. The van der Waals surface area contributed by atoms with Crippen LogP contribution in [-0.2, 0) is 17.0 Å². The maximum atomic E-state index is 13.7. The Balaban J connectivity index is 1.67. The molecule has 5 heteroatoms. The Hall–Kier alpha value is -2.66. The lowest BCUT2D eigenvalue weighted by Crippen LogP contribution is -2.48. The van der Waals surface area contributed by atoms with Crippen molar-refractivity contribution in [2.24, 2.45) is 0 Å². The standard InChI is InChI=1S/C27H26ClNO3/c1-18-6-8-19(9-7-18)17-29-26(31)24-4-2-3-5-25(24)27(29,20-10-12-21(28)13-11-20)32-23-15-14-22(30)16-23/h2-13,22-23,30H,14-17H2,1H3. The van der Waals surface area contributed by atoms with E-state index in [1.165, 1.54) is 5.56 Å². The number of aliphatic hydroxyl groups excluding tert-OH is 1. The fraction of sp³-hybridized carbons (Fsp3) is 0.296. The van der Waals surface area contributed by atoms with Gasteiger partial charge in [-0.1, -0.05) is 71.8 Å². The predicted molar refractivity (Wildman–Crippen MR) is 124 cm³/mol. The number of hydrogen-bond donors (Lipinski definition) is 1. The van der Waals surface area contributed by atoms with Crippen molar-refractivity contribution in [3.63, 3.8) is 0 Å². The number of benzene rings is 3. The Bertz CT molecular complexity index is 1130. The molecule has 1 fully saturated rings. The van der Waals surface area contributed by atoms with Gasteiger partial charge in [-0.15, -0.1) is 0 Å². The molecule has 0 radical (unpaired) electrons. The number of hydrogen-bond acceptors (Lipinski definition) is 3. The topological polar surface area (TPSA) is 49.8 Å². The summed E-state index contributed by atoms with van der Waals surface area (Å²) in [5.74, 6) is -0.0605. The first kappa shape index (κ1) is 21.2. The van der Waals surface area contributed by atoms with Gasteiger partial charge in [-0.25, -0.2) is 0 Å². The third kappa shape index (κ3) is 3.62. The molecule has 1 amide bonds. The van der Waals surface area contributed by atoms with E-state index in [1.54, 1.807) is 0 Å². The van der Waals surface area contributed by atoms with Gasteiger partial charge in [-0.05, 0) is 49.9 Å². The molecular weight excluding hydrogens is 422 g/mol. The van der Waals surface area contributed by atoms with E-state index in [9.17, 15) is 9.90 Å². The summed E-state index contributed by atoms with van der Waals surface area (Å²) >= 11 is 6.21. The van der Waals surface area contributed by atoms with Gasteiger partial charge in [0.05, 0.1) is 12.2 Å². The van der Waals surface area contributed by atoms with Crippen molar-refractivity contribution in [2.75, 3.05) is 0 Å². The fourth-order valence-electron chi connectivity index (χ4n) is 4.91. The highest BCUT2D eigenvalue weighted by Crippen LogP contribution is 2.48. The lowest BCUT2D eigenvalue weighted by molar-refractivity contribution is -0.147. The van der Waals surface area contributed by atoms with Gasteiger partial charge in [0.15, 0.2) is 5.72 Å². The molecule has 3 atom stereocenters. The van der Waals surface area contributed by atoms with E-state index in [2.05, 4.69) is 24.3 Å². The maximum absolute atomic E-state index is 13.7. The number of fused-ring (bicyclic) bond motifs is 1. The van der Waals surface area contributed by atoms with Crippen molar-refractivity contribution in [3.05, 3.63) is 106 Å². The normalized spacial score (nSPS) is 24.7. The number of carbonyl (C=O) groups excluding carboxylic acids is 1. The molecule has 164 valence electrons. The van der Waals surface area contributed by atoms with Crippen LogP contribution in [0.1, 0.15) is 51.9 Å². The Morgan fingerprint density at radius 2 is 1.75 bits per heavy atom. The zero-order chi connectivity index (χ0) is 22.3.